The molecule has 0 amide bonds. The fourth-order valence-electron chi connectivity index (χ4n) is 1.18. The molecule has 0 aromatic heterocycles. The van der Waals surface area contributed by atoms with E-state index in [1.807, 2.05) is 0 Å². The van der Waals surface area contributed by atoms with Crippen LogP contribution in [0.1, 0.15) is 0 Å². The maximum Gasteiger partial charge on any atom is 0.257 e. The van der Waals surface area contributed by atoms with Gasteiger partial charge in [0.05, 0.1) is 0 Å². The summed E-state index contributed by atoms with van der Waals surface area (Å²) in [5.41, 5.74) is 0. The van der Waals surface area contributed by atoms with Crippen molar-refractivity contribution in [2.24, 2.45) is 36.1 Å². The third kappa shape index (κ3) is 15.5. The standard InChI is InChI=1S/Cl16N8P8/c1-25(2)17-26(3,4)19-28(7,8)21-30(11,12)23-32(15,16)24-31(13,14)22-29(9,10)20-27(5,6)18-25. The van der Waals surface area contributed by atoms with Crippen LogP contribution in [0.25, 0.3) is 0 Å². The molecule has 0 atom stereocenters. The van der Waals surface area contributed by atoms with Crippen LogP contribution in [0.2, 0.25) is 0 Å². The minimum absolute atomic E-state index is 3.74. The van der Waals surface area contributed by atoms with Crippen molar-refractivity contribution in [3.05, 3.63) is 0 Å². The molecule has 0 saturated heterocycles. The van der Waals surface area contributed by atoms with Crippen LogP contribution in [-0.4, -0.2) is 0 Å². The third-order valence-electron chi connectivity index (χ3n) is 1.72. The second-order valence-corrected chi connectivity index (χ2v) is 44.2. The summed E-state index contributed by atoms with van der Waals surface area (Å²) < 4.78 is 30.0. The lowest BCUT2D eigenvalue weighted by Gasteiger charge is -2.16. The fraction of sp³-hybridized carbons (Fsp3) is 0. The van der Waals surface area contributed by atoms with Gasteiger partial charge in [-0.3, -0.25) is 0 Å². The fourth-order valence-corrected chi connectivity index (χ4v) is 51.3. The van der Waals surface area contributed by atoms with Gasteiger partial charge >= 0.3 is 0 Å². The largest absolute Gasteiger partial charge is 0.257 e. The lowest BCUT2D eigenvalue weighted by atomic mass is 13.8. The molecule has 8 nitrogen and oxygen atoms in total. The maximum absolute atomic E-state index is 6.08. The molecule has 0 N–H and O–H groups in total. The Hall–Kier alpha value is 6.48. The highest BCUT2D eigenvalue weighted by Gasteiger charge is 2.32. The molecule has 0 fully saturated rings. The summed E-state index contributed by atoms with van der Waals surface area (Å²) in [5.74, 6) is -31.0. The van der Waals surface area contributed by atoms with Crippen LogP contribution in [0.5, 0.6) is 0 Å². The SMILES string of the molecule is ClP1(Cl)=NP(Cl)(Cl)=NP(Cl)(Cl)=NP(Cl)(Cl)=NP(Cl)(Cl)=NP(Cl)(Cl)=NP(Cl)(Cl)=NP(Cl)(Cl)=N1. The Labute approximate surface area is 259 Å². The molecule has 32 heavy (non-hydrogen) atoms. The van der Waals surface area contributed by atoms with Gasteiger partial charge in [0.2, 0.25) is 0 Å². The smallest absolute Gasteiger partial charge is 0.185 e. The van der Waals surface area contributed by atoms with Gasteiger partial charge in [-0.15, -0.1) is 0 Å². The molecule has 1 aliphatic heterocycles. The van der Waals surface area contributed by atoms with E-state index in [1.54, 1.807) is 0 Å². The quantitative estimate of drug-likeness (QED) is 0.216. The molecule has 0 bridgehead atoms. The molecule has 0 spiro atoms. The Balaban J connectivity index is 4.32. The van der Waals surface area contributed by atoms with Crippen molar-refractivity contribution in [3.8, 4) is 0 Å². The first kappa shape index (κ1) is 36.5. The highest BCUT2D eigenvalue weighted by molar-refractivity contribution is 8.28. The molecule has 1 aliphatic rings. The average molecular weight is 927 g/mol. The van der Waals surface area contributed by atoms with Crippen molar-refractivity contribution in [2.45, 2.75) is 0 Å². The van der Waals surface area contributed by atoms with Gasteiger partial charge in [-0.25, -0.2) is 0 Å². The molecular weight excluding hydrogens is 927 g/mol. The lowest BCUT2D eigenvalue weighted by molar-refractivity contribution is 1.80. The minimum Gasteiger partial charge on any atom is -0.185 e. The molecule has 192 valence electrons. The van der Waals surface area contributed by atoms with E-state index in [1.165, 1.54) is 0 Å². The molecule has 1 rings (SSSR count). The van der Waals surface area contributed by atoms with Gasteiger partial charge in [0.15, 0.2) is 0 Å². The van der Waals surface area contributed by atoms with Crippen LogP contribution in [0.4, 0.5) is 0 Å². The monoisotopic (exact) mass is 919 g/mol. The zero-order valence-corrected chi connectivity index (χ0v) is 32.5. The number of hydrogen-bond acceptors (Lipinski definition) is 8. The summed E-state index contributed by atoms with van der Waals surface area (Å²) >= 11 is 97.3. The summed E-state index contributed by atoms with van der Waals surface area (Å²) in [7, 11) is 0. The molecule has 32 heteroatoms. The summed E-state index contributed by atoms with van der Waals surface area (Å²) in [6.45, 7) is 0. The molecule has 0 radical (unpaired) electrons. The molecule has 0 aromatic carbocycles. The zero-order chi connectivity index (χ0) is 25.7. The van der Waals surface area contributed by atoms with E-state index in [0.717, 1.165) is 0 Å². The van der Waals surface area contributed by atoms with Gasteiger partial charge in [-0.05, 0) is 180 Å². The van der Waals surface area contributed by atoms with Crippen molar-refractivity contribution in [2.75, 3.05) is 0 Å². The Morgan fingerprint density at radius 1 is 0.188 bits per heavy atom. The van der Waals surface area contributed by atoms with Crippen LogP contribution in [-0.2, 0) is 0 Å². The van der Waals surface area contributed by atoms with Crippen LogP contribution in [0, 0.1) is 0 Å². The van der Waals surface area contributed by atoms with Crippen LogP contribution < -0.4 is 0 Å². The summed E-state index contributed by atoms with van der Waals surface area (Å²) in [5, 5.41) is 0. The van der Waals surface area contributed by atoms with Gasteiger partial charge in [0.1, 0.15) is 0 Å². The normalized spacial score (nSPS) is 29.5. The number of rotatable bonds is 0. The first-order valence-electron chi connectivity index (χ1n) is 5.90. The maximum atomic E-state index is 6.08. The van der Waals surface area contributed by atoms with E-state index in [0.29, 0.717) is 0 Å². The lowest BCUT2D eigenvalue weighted by Crippen LogP contribution is -1.62. The topological polar surface area (TPSA) is 98.9 Å². The van der Waals surface area contributed by atoms with E-state index in [4.69, 9.17) is 180 Å². The van der Waals surface area contributed by atoms with Gasteiger partial charge in [0, 0.05) is 0 Å². The highest BCUT2D eigenvalue weighted by atomic mass is 35.9. The van der Waals surface area contributed by atoms with E-state index < -0.39 is 47.3 Å². The van der Waals surface area contributed by atoms with E-state index in [9.17, 15) is 0 Å². The van der Waals surface area contributed by atoms with Gasteiger partial charge in [0.25, 0.3) is 47.3 Å². The predicted octanol–water partition coefficient (Wildman–Crippen LogP) is 19.4. The predicted molar refractivity (Wildman–Crippen MR) is 168 cm³/mol. The van der Waals surface area contributed by atoms with Crippen molar-refractivity contribution in [1.29, 1.82) is 0 Å². The minimum atomic E-state index is -3.88. The first-order valence-corrected chi connectivity index (χ1v) is 33.9. The molecule has 0 unspecified atom stereocenters. The van der Waals surface area contributed by atoms with Gasteiger partial charge in [-0.2, -0.15) is 36.1 Å². The number of nitrogens with zero attached hydrogens (tertiary/aromatic N) is 8. The molecule has 0 aromatic rings. The van der Waals surface area contributed by atoms with Crippen LogP contribution in [0.15, 0.2) is 36.1 Å². The zero-order valence-electron chi connectivity index (χ0n) is 13.2. The summed E-state index contributed by atoms with van der Waals surface area (Å²) in [6, 6.07) is 0. The number of halogens is 16. The molecular formula is Cl16N8P8. The van der Waals surface area contributed by atoms with Gasteiger partial charge < -0.3 is 0 Å². The molecule has 0 aliphatic carbocycles. The van der Waals surface area contributed by atoms with Crippen LogP contribution >= 0.6 is 227 Å². The first-order chi connectivity index (χ1) is 13.7. The Morgan fingerprint density at radius 2 is 0.250 bits per heavy atom. The second kappa shape index (κ2) is 12.8. The van der Waals surface area contributed by atoms with Crippen molar-refractivity contribution in [3.63, 3.8) is 0 Å². The van der Waals surface area contributed by atoms with E-state index in [-0.39, 0.29) is 0 Å². The third-order valence-corrected chi connectivity index (χ3v) is 35.0. The van der Waals surface area contributed by atoms with Crippen LogP contribution in [0.3, 0.4) is 0 Å². The summed E-state index contributed by atoms with van der Waals surface area (Å²) in [4.78, 5) is 0. The average Bonchev–Trinajstić information content (AvgIpc) is 2.21. The molecule has 0 saturated carbocycles. The van der Waals surface area contributed by atoms with E-state index in [2.05, 4.69) is 36.1 Å². The van der Waals surface area contributed by atoms with E-state index >= 15 is 0 Å². The Morgan fingerprint density at radius 3 is 0.312 bits per heavy atom. The van der Waals surface area contributed by atoms with Crippen molar-refractivity contribution >= 4 is 227 Å². The molecule has 1 heterocycles. The Bertz CT molecular complexity index is 868. The van der Waals surface area contributed by atoms with Crippen molar-refractivity contribution in [1.82, 2.24) is 0 Å². The summed E-state index contributed by atoms with van der Waals surface area (Å²) in [6.07, 6.45) is 0. The highest BCUT2D eigenvalue weighted by Crippen LogP contribution is 2.89. The van der Waals surface area contributed by atoms with Gasteiger partial charge in [-0.1, -0.05) is 0 Å². The number of hydrogen-bond donors (Lipinski definition) is 0. The van der Waals surface area contributed by atoms with Crippen molar-refractivity contribution < 1.29 is 0 Å². The second-order valence-electron chi connectivity index (χ2n) is 4.36. The Kier molecular flexibility index (Phi) is 14.6.